The van der Waals surface area contributed by atoms with Crippen LogP contribution < -0.4 is 4.74 Å². The summed E-state index contributed by atoms with van der Waals surface area (Å²) in [6.07, 6.45) is 0.940. The summed E-state index contributed by atoms with van der Waals surface area (Å²) in [5, 5.41) is 0.938. The van der Waals surface area contributed by atoms with Crippen molar-refractivity contribution < 1.29 is 9.53 Å². The molecule has 0 aromatic carbocycles. The van der Waals surface area contributed by atoms with Crippen LogP contribution in [0.15, 0.2) is 30.3 Å². The average molecular weight is 431 g/mol. The summed E-state index contributed by atoms with van der Waals surface area (Å²) in [7, 11) is 1.71. The summed E-state index contributed by atoms with van der Waals surface area (Å²) < 4.78 is 5.34. The fraction of sp³-hybridized carbons (Fsp3) is 0.190. The molecule has 0 radical (unpaired) electrons. The van der Waals surface area contributed by atoms with Crippen LogP contribution in [-0.4, -0.2) is 13.4 Å². The fourth-order valence-corrected chi connectivity index (χ4v) is 7.68. The molecule has 2 nitrogen and oxygen atoms in total. The third-order valence-electron chi connectivity index (χ3n) is 4.34. The maximum absolute atomic E-state index is 11.1. The smallest absolute Gasteiger partial charge is 0.173 e. The van der Waals surface area contributed by atoms with Crippen molar-refractivity contribution in [2.24, 2.45) is 0 Å². The summed E-state index contributed by atoms with van der Waals surface area (Å²) >= 11 is 6.91. The molecule has 4 heterocycles. The van der Waals surface area contributed by atoms with Crippen molar-refractivity contribution in [1.29, 1.82) is 0 Å². The molecule has 0 amide bonds. The van der Waals surface area contributed by atoms with Crippen molar-refractivity contribution in [3.05, 3.63) is 51.9 Å². The van der Waals surface area contributed by atoms with E-state index in [4.69, 9.17) is 4.74 Å². The van der Waals surface area contributed by atoms with Crippen LogP contribution in [0, 0.1) is 20.8 Å². The molecular weight excluding hydrogens is 412 g/mol. The number of thiophene rings is 4. The quantitative estimate of drug-likeness (QED) is 0.303. The molecule has 0 spiro atoms. The average Bonchev–Trinajstić information content (AvgIpc) is 3.40. The number of rotatable bonds is 5. The molecule has 4 rings (SSSR count). The predicted molar refractivity (Wildman–Crippen MR) is 120 cm³/mol. The highest BCUT2D eigenvalue weighted by Gasteiger charge is 2.17. The Morgan fingerprint density at radius 2 is 1.33 bits per heavy atom. The highest BCUT2D eigenvalue weighted by molar-refractivity contribution is 7.29. The van der Waals surface area contributed by atoms with Gasteiger partial charge in [0.15, 0.2) is 11.3 Å². The zero-order valence-electron chi connectivity index (χ0n) is 15.4. The Hall–Kier alpha value is -1.73. The van der Waals surface area contributed by atoms with Gasteiger partial charge in [-0.05, 0) is 67.8 Å². The molecule has 0 fully saturated rings. The van der Waals surface area contributed by atoms with E-state index in [0.717, 1.165) is 16.2 Å². The minimum absolute atomic E-state index is 0.790. The molecule has 6 heteroatoms. The van der Waals surface area contributed by atoms with Gasteiger partial charge in [0.1, 0.15) is 0 Å². The van der Waals surface area contributed by atoms with E-state index in [9.17, 15) is 4.79 Å². The number of aryl methyl sites for hydroxylation is 3. The van der Waals surface area contributed by atoms with Gasteiger partial charge in [0.05, 0.1) is 12.0 Å². The highest BCUT2D eigenvalue weighted by atomic mass is 32.1. The van der Waals surface area contributed by atoms with Gasteiger partial charge in [0, 0.05) is 29.3 Å². The lowest BCUT2D eigenvalue weighted by Gasteiger charge is -1.96. The zero-order valence-corrected chi connectivity index (χ0v) is 18.7. The van der Waals surface area contributed by atoms with Gasteiger partial charge in [0.25, 0.3) is 0 Å². The molecule has 0 unspecified atom stereocenters. The Morgan fingerprint density at radius 3 is 1.93 bits per heavy atom. The largest absolute Gasteiger partial charge is 0.487 e. The molecule has 0 saturated carbocycles. The second-order valence-electron chi connectivity index (χ2n) is 6.35. The van der Waals surface area contributed by atoms with Crippen LogP contribution in [-0.2, 0) is 0 Å². The summed E-state index contributed by atoms with van der Waals surface area (Å²) in [4.78, 5) is 19.5. The molecule has 0 saturated heterocycles. The first kappa shape index (κ1) is 18.6. The number of hydrogen-bond donors (Lipinski definition) is 0. The Morgan fingerprint density at radius 1 is 0.741 bits per heavy atom. The van der Waals surface area contributed by atoms with Gasteiger partial charge in [-0.3, -0.25) is 4.79 Å². The minimum atomic E-state index is 0.790. The number of aldehydes is 1. The number of methoxy groups -OCH3 is 1. The summed E-state index contributed by atoms with van der Waals surface area (Å²) in [6, 6.07) is 10.7. The first-order chi connectivity index (χ1) is 13.0. The van der Waals surface area contributed by atoms with Crippen LogP contribution in [0.3, 0.4) is 0 Å². The lowest BCUT2D eigenvalue weighted by atomic mass is 10.2. The molecule has 4 aromatic rings. The molecule has 0 bridgehead atoms. The fourth-order valence-electron chi connectivity index (χ4n) is 3.02. The van der Waals surface area contributed by atoms with Gasteiger partial charge in [-0.25, -0.2) is 0 Å². The van der Waals surface area contributed by atoms with Crippen molar-refractivity contribution >= 4 is 51.6 Å². The normalized spacial score (nSPS) is 11.1. The van der Waals surface area contributed by atoms with Gasteiger partial charge in [-0.2, -0.15) is 0 Å². The maximum Gasteiger partial charge on any atom is 0.173 e. The summed E-state index contributed by atoms with van der Waals surface area (Å²) in [6.45, 7) is 6.40. The van der Waals surface area contributed by atoms with Crippen LogP contribution in [0.5, 0.6) is 5.06 Å². The third kappa shape index (κ3) is 3.43. The molecule has 0 aliphatic heterocycles. The minimum Gasteiger partial charge on any atom is -0.487 e. The van der Waals surface area contributed by atoms with Crippen LogP contribution >= 0.6 is 45.3 Å². The van der Waals surface area contributed by atoms with Gasteiger partial charge in [-0.1, -0.05) is 11.3 Å². The predicted octanol–water partition coefficient (Wildman–Crippen LogP) is 7.68. The summed E-state index contributed by atoms with van der Waals surface area (Å²) in [5.41, 5.74) is 3.73. The SMILES string of the molecule is COc1ccc(-c2sc(-c3cc(C)c(-c4sc(C=O)cc4C)s3)cc2C)s1. The first-order valence-corrected chi connectivity index (χ1v) is 11.7. The van der Waals surface area contributed by atoms with Gasteiger partial charge < -0.3 is 4.74 Å². The Kier molecular flexibility index (Phi) is 5.07. The van der Waals surface area contributed by atoms with E-state index >= 15 is 0 Å². The molecular formula is C21H18O2S4. The highest BCUT2D eigenvalue weighted by Crippen LogP contribution is 2.47. The zero-order chi connectivity index (χ0) is 19.1. The van der Waals surface area contributed by atoms with Crippen molar-refractivity contribution in [3.8, 4) is 34.3 Å². The topological polar surface area (TPSA) is 26.3 Å². The Balaban J connectivity index is 1.73. The van der Waals surface area contributed by atoms with Crippen LogP contribution in [0.2, 0.25) is 0 Å². The second-order valence-corrected chi connectivity index (χ2v) is 10.6. The van der Waals surface area contributed by atoms with Crippen LogP contribution in [0.4, 0.5) is 0 Å². The van der Waals surface area contributed by atoms with E-state index in [2.05, 4.69) is 39.0 Å². The summed E-state index contributed by atoms with van der Waals surface area (Å²) in [5.74, 6) is 0. The van der Waals surface area contributed by atoms with Gasteiger partial charge in [0.2, 0.25) is 0 Å². The second kappa shape index (κ2) is 7.36. The molecule has 27 heavy (non-hydrogen) atoms. The molecule has 138 valence electrons. The van der Waals surface area contributed by atoms with E-state index in [1.54, 1.807) is 29.8 Å². The molecule has 0 aliphatic rings. The van der Waals surface area contributed by atoms with E-state index in [1.165, 1.54) is 46.0 Å². The number of carbonyl (C=O) groups is 1. The molecule has 0 N–H and O–H groups in total. The van der Waals surface area contributed by atoms with Crippen molar-refractivity contribution in [3.63, 3.8) is 0 Å². The number of ether oxygens (including phenoxy) is 1. The molecule has 4 aromatic heterocycles. The number of hydrogen-bond acceptors (Lipinski definition) is 6. The third-order valence-corrected chi connectivity index (χ3v) is 9.57. The van der Waals surface area contributed by atoms with Crippen molar-refractivity contribution in [1.82, 2.24) is 0 Å². The monoisotopic (exact) mass is 430 g/mol. The Labute approximate surface area is 174 Å². The van der Waals surface area contributed by atoms with Gasteiger partial charge in [-0.15, -0.1) is 34.0 Å². The van der Waals surface area contributed by atoms with E-state index in [1.807, 2.05) is 34.8 Å². The van der Waals surface area contributed by atoms with E-state index in [-0.39, 0.29) is 0 Å². The Bertz CT molecular complexity index is 1120. The lowest BCUT2D eigenvalue weighted by molar-refractivity contribution is 0.112. The van der Waals surface area contributed by atoms with E-state index in [0.29, 0.717) is 0 Å². The first-order valence-electron chi connectivity index (χ1n) is 8.41. The van der Waals surface area contributed by atoms with E-state index < -0.39 is 0 Å². The molecule has 0 aliphatic carbocycles. The van der Waals surface area contributed by atoms with Crippen molar-refractivity contribution in [2.75, 3.05) is 7.11 Å². The maximum atomic E-state index is 11.1. The molecule has 0 atom stereocenters. The van der Waals surface area contributed by atoms with Crippen LogP contribution in [0.1, 0.15) is 26.4 Å². The van der Waals surface area contributed by atoms with Crippen LogP contribution in [0.25, 0.3) is 29.3 Å². The van der Waals surface area contributed by atoms with Crippen molar-refractivity contribution in [2.45, 2.75) is 20.8 Å². The standard InChI is InChI=1S/C21H18O2S4/c1-11-7-14(10-22)24-20(11)21-13(3)9-17(27-21)16-8-12(2)19(26-16)15-5-6-18(23-4)25-15/h5-10H,1-4H3. The number of carbonyl (C=O) groups excluding carboxylic acids is 1. The lowest BCUT2D eigenvalue weighted by Crippen LogP contribution is -1.73. The van der Waals surface area contributed by atoms with Gasteiger partial charge >= 0.3 is 0 Å².